The smallest absolute Gasteiger partial charge is 0.205 e. The molecule has 0 aromatic rings. The van der Waals surface area contributed by atoms with Crippen molar-refractivity contribution in [3.8, 4) is 0 Å². The second kappa shape index (κ2) is 8.77. The van der Waals surface area contributed by atoms with E-state index in [1.807, 2.05) is 0 Å². The van der Waals surface area contributed by atoms with Crippen molar-refractivity contribution in [1.82, 2.24) is 15.6 Å². The van der Waals surface area contributed by atoms with Crippen molar-refractivity contribution in [2.75, 3.05) is 33.7 Å². The fourth-order valence-electron chi connectivity index (χ4n) is 0.978. The Bertz CT molecular complexity index is 155. The molecule has 0 radical (unpaired) electrons. The zero-order valence-corrected chi connectivity index (χ0v) is 9.51. The Kier molecular flexibility index (Phi) is 8.27. The van der Waals surface area contributed by atoms with Crippen LogP contribution in [0.3, 0.4) is 0 Å². The number of nitrogens with one attached hydrogen (secondary N) is 2. The monoisotopic (exact) mass is 201 g/mol. The summed E-state index contributed by atoms with van der Waals surface area (Å²) in [7, 11) is 4.13. The predicted molar refractivity (Wildman–Crippen MR) is 61.1 cm³/mol. The van der Waals surface area contributed by atoms with Crippen LogP contribution in [0.4, 0.5) is 0 Å². The van der Waals surface area contributed by atoms with Crippen LogP contribution in [0, 0.1) is 0 Å². The molecule has 5 nitrogen and oxygen atoms in total. The molecule has 0 spiro atoms. The second-order valence-electron chi connectivity index (χ2n) is 3.46. The van der Waals surface area contributed by atoms with Gasteiger partial charge in [0.15, 0.2) is 0 Å². The molecule has 0 aliphatic carbocycles. The van der Waals surface area contributed by atoms with Crippen LogP contribution in [0.5, 0.6) is 0 Å². The summed E-state index contributed by atoms with van der Waals surface area (Å²) >= 11 is 0. The molecule has 0 bridgehead atoms. The predicted octanol–water partition coefficient (Wildman–Crippen LogP) is -0.243. The average molecular weight is 201 g/mol. The van der Waals surface area contributed by atoms with Crippen LogP contribution in [-0.2, 0) is 0 Å². The molecule has 14 heavy (non-hydrogen) atoms. The SMILES string of the molecule is CCCN=C(NN)NCCCN(C)C. The summed E-state index contributed by atoms with van der Waals surface area (Å²) in [5, 5.41) is 3.15. The molecule has 0 unspecified atom stereocenters. The van der Waals surface area contributed by atoms with E-state index in [4.69, 9.17) is 5.84 Å². The van der Waals surface area contributed by atoms with Crippen molar-refractivity contribution < 1.29 is 0 Å². The molecular weight excluding hydrogens is 178 g/mol. The summed E-state index contributed by atoms with van der Waals surface area (Å²) in [6.07, 6.45) is 2.12. The fourth-order valence-corrected chi connectivity index (χ4v) is 0.978. The Morgan fingerprint density at radius 2 is 2.14 bits per heavy atom. The van der Waals surface area contributed by atoms with Gasteiger partial charge in [0.25, 0.3) is 0 Å². The van der Waals surface area contributed by atoms with E-state index in [0.29, 0.717) is 5.96 Å². The third-order valence-electron chi connectivity index (χ3n) is 1.70. The van der Waals surface area contributed by atoms with E-state index in [1.165, 1.54) is 0 Å². The number of rotatable bonds is 6. The molecule has 0 fully saturated rings. The van der Waals surface area contributed by atoms with Crippen LogP contribution in [0.2, 0.25) is 0 Å². The molecule has 0 aromatic carbocycles. The van der Waals surface area contributed by atoms with Crippen LogP contribution in [0.15, 0.2) is 4.99 Å². The van der Waals surface area contributed by atoms with Crippen LogP contribution >= 0.6 is 0 Å². The van der Waals surface area contributed by atoms with Gasteiger partial charge in [-0.1, -0.05) is 6.92 Å². The number of aliphatic imine (C=N–C) groups is 1. The molecule has 4 N–H and O–H groups in total. The summed E-state index contributed by atoms with van der Waals surface area (Å²) in [5.41, 5.74) is 2.55. The highest BCUT2D eigenvalue weighted by molar-refractivity contribution is 5.79. The summed E-state index contributed by atoms with van der Waals surface area (Å²) in [5.74, 6) is 5.99. The summed E-state index contributed by atoms with van der Waals surface area (Å²) in [6.45, 7) is 4.85. The summed E-state index contributed by atoms with van der Waals surface area (Å²) in [4.78, 5) is 6.39. The van der Waals surface area contributed by atoms with Crippen molar-refractivity contribution >= 4 is 5.96 Å². The number of hydrazine groups is 1. The molecule has 0 atom stereocenters. The highest BCUT2D eigenvalue weighted by atomic mass is 15.3. The lowest BCUT2D eigenvalue weighted by Gasteiger charge is -2.11. The highest BCUT2D eigenvalue weighted by Gasteiger charge is 1.94. The topological polar surface area (TPSA) is 65.7 Å². The van der Waals surface area contributed by atoms with Gasteiger partial charge in [0.1, 0.15) is 0 Å². The van der Waals surface area contributed by atoms with Gasteiger partial charge in [0.2, 0.25) is 5.96 Å². The third-order valence-corrected chi connectivity index (χ3v) is 1.70. The zero-order valence-electron chi connectivity index (χ0n) is 9.51. The van der Waals surface area contributed by atoms with E-state index in [0.717, 1.165) is 32.5 Å². The largest absolute Gasteiger partial charge is 0.355 e. The standard InChI is InChI=1S/C9H23N5/c1-4-6-11-9(13-10)12-7-5-8-14(2)3/h4-8,10H2,1-3H3,(H2,11,12,13). The average Bonchev–Trinajstić information content (AvgIpc) is 2.16. The van der Waals surface area contributed by atoms with Crippen molar-refractivity contribution in [1.29, 1.82) is 0 Å². The van der Waals surface area contributed by atoms with Gasteiger partial charge in [0.05, 0.1) is 0 Å². The van der Waals surface area contributed by atoms with Crippen molar-refractivity contribution in [2.45, 2.75) is 19.8 Å². The maximum absolute atomic E-state index is 5.30. The molecule has 0 saturated heterocycles. The van der Waals surface area contributed by atoms with E-state index in [-0.39, 0.29) is 0 Å². The van der Waals surface area contributed by atoms with Gasteiger partial charge >= 0.3 is 0 Å². The van der Waals surface area contributed by atoms with Crippen molar-refractivity contribution in [3.63, 3.8) is 0 Å². The molecular formula is C9H23N5. The maximum atomic E-state index is 5.30. The first-order chi connectivity index (χ1) is 6.70. The van der Waals surface area contributed by atoms with Gasteiger partial charge in [-0.25, -0.2) is 5.84 Å². The Balaban J connectivity index is 3.52. The van der Waals surface area contributed by atoms with Gasteiger partial charge in [-0.05, 0) is 33.5 Å². The number of hydrogen-bond donors (Lipinski definition) is 3. The van der Waals surface area contributed by atoms with E-state index >= 15 is 0 Å². The van der Waals surface area contributed by atoms with Gasteiger partial charge in [-0.15, -0.1) is 0 Å². The normalized spacial score (nSPS) is 11.9. The molecule has 0 saturated carbocycles. The highest BCUT2D eigenvalue weighted by Crippen LogP contribution is 1.82. The minimum absolute atomic E-state index is 0.686. The molecule has 0 aliphatic rings. The van der Waals surface area contributed by atoms with Crippen LogP contribution in [-0.4, -0.2) is 44.6 Å². The third kappa shape index (κ3) is 7.82. The lowest BCUT2D eigenvalue weighted by Crippen LogP contribution is -2.42. The quantitative estimate of drug-likeness (QED) is 0.182. The van der Waals surface area contributed by atoms with Crippen molar-refractivity contribution in [3.05, 3.63) is 0 Å². The minimum atomic E-state index is 0.686. The lowest BCUT2D eigenvalue weighted by molar-refractivity contribution is 0.399. The van der Waals surface area contributed by atoms with Gasteiger partial charge in [-0.3, -0.25) is 10.4 Å². The fraction of sp³-hybridized carbons (Fsp3) is 0.889. The van der Waals surface area contributed by atoms with Crippen LogP contribution in [0.1, 0.15) is 19.8 Å². The van der Waals surface area contributed by atoms with E-state index in [2.05, 4.69) is 41.7 Å². The Morgan fingerprint density at radius 3 is 2.64 bits per heavy atom. The molecule has 0 aliphatic heterocycles. The van der Waals surface area contributed by atoms with Gasteiger partial charge in [0, 0.05) is 13.1 Å². The first kappa shape index (κ1) is 13.2. The van der Waals surface area contributed by atoms with E-state index in [9.17, 15) is 0 Å². The van der Waals surface area contributed by atoms with Crippen LogP contribution in [0.25, 0.3) is 0 Å². The first-order valence-corrected chi connectivity index (χ1v) is 5.10. The summed E-state index contributed by atoms with van der Waals surface area (Å²) < 4.78 is 0. The zero-order chi connectivity index (χ0) is 10.8. The number of hydrogen-bond acceptors (Lipinski definition) is 3. The summed E-state index contributed by atoms with van der Waals surface area (Å²) in [6, 6.07) is 0. The molecule has 5 heteroatoms. The molecule has 0 aromatic heterocycles. The van der Waals surface area contributed by atoms with E-state index < -0.39 is 0 Å². The van der Waals surface area contributed by atoms with Crippen molar-refractivity contribution in [2.24, 2.45) is 10.8 Å². The molecule has 0 rings (SSSR count). The minimum Gasteiger partial charge on any atom is -0.355 e. The number of nitrogens with zero attached hydrogens (tertiary/aromatic N) is 2. The Labute approximate surface area is 86.7 Å². The number of nitrogens with two attached hydrogens (primary N) is 1. The Morgan fingerprint density at radius 1 is 1.43 bits per heavy atom. The van der Waals surface area contributed by atoms with Crippen LogP contribution < -0.4 is 16.6 Å². The van der Waals surface area contributed by atoms with Gasteiger partial charge < -0.3 is 10.2 Å². The van der Waals surface area contributed by atoms with E-state index in [1.54, 1.807) is 0 Å². The van der Waals surface area contributed by atoms with Gasteiger partial charge in [-0.2, -0.15) is 0 Å². The molecule has 84 valence electrons. The maximum Gasteiger partial charge on any atom is 0.205 e. The molecule has 0 heterocycles. The molecule has 0 amide bonds. The second-order valence-corrected chi connectivity index (χ2v) is 3.46. The first-order valence-electron chi connectivity index (χ1n) is 5.10. The Hall–Kier alpha value is -0.810. The number of guanidine groups is 1. The lowest BCUT2D eigenvalue weighted by atomic mass is 10.4.